The van der Waals surface area contributed by atoms with Gasteiger partial charge in [0.25, 0.3) is 0 Å². The van der Waals surface area contributed by atoms with E-state index in [0.717, 1.165) is 4.31 Å². The number of nitrogens with zero attached hydrogens (tertiary/aromatic N) is 1. The first-order valence-corrected chi connectivity index (χ1v) is 11.0. The fraction of sp³-hybridized carbons (Fsp3) is 0.538. The Balaban J connectivity index is 2.37. The lowest BCUT2D eigenvalue weighted by molar-refractivity contribution is 0.0730. The van der Waals surface area contributed by atoms with Crippen LogP contribution in [0.1, 0.15) is 6.42 Å². The van der Waals surface area contributed by atoms with Gasteiger partial charge < -0.3 is 10.2 Å². The maximum absolute atomic E-state index is 12.8. The van der Waals surface area contributed by atoms with Crippen molar-refractivity contribution in [1.82, 2.24) is 4.31 Å². The number of sulfonamides is 1. The van der Waals surface area contributed by atoms with Gasteiger partial charge in [0.1, 0.15) is 0 Å². The minimum absolute atomic E-state index is 0.00939. The largest absolute Gasteiger partial charge is 0.394 e. The van der Waals surface area contributed by atoms with Gasteiger partial charge in [-0.1, -0.05) is 15.9 Å². The molecule has 0 saturated carbocycles. The lowest BCUT2D eigenvalue weighted by atomic mass is 10.2. The second-order valence-corrected chi connectivity index (χ2v) is 10.5. The lowest BCUT2D eigenvalue weighted by Gasteiger charge is -2.28. The van der Waals surface area contributed by atoms with Crippen molar-refractivity contribution in [2.75, 3.05) is 24.7 Å². The average molecular weight is 428 g/mol. The maximum Gasteiger partial charge on any atom is 0.243 e. The zero-order valence-electron chi connectivity index (χ0n) is 12.2. The summed E-state index contributed by atoms with van der Waals surface area (Å²) in [4.78, 5) is 0.00939. The Morgan fingerprint density at radius 2 is 1.91 bits per heavy atom. The van der Waals surface area contributed by atoms with Crippen molar-refractivity contribution in [3.05, 3.63) is 28.7 Å². The number of halogens is 1. The van der Waals surface area contributed by atoms with E-state index in [1.807, 2.05) is 0 Å². The number of sulfone groups is 1. The monoisotopic (exact) mass is 427 g/mol. The third kappa shape index (κ3) is 4.52. The molecule has 130 valence electrons. The summed E-state index contributed by atoms with van der Waals surface area (Å²) in [7, 11) is -7.27. The molecule has 2 atom stereocenters. The van der Waals surface area contributed by atoms with E-state index in [1.54, 1.807) is 12.1 Å². The molecular formula is C13H18BrNO6S2. The second kappa shape index (κ2) is 7.16. The summed E-state index contributed by atoms with van der Waals surface area (Å²) in [6.07, 6.45) is -1.10. The van der Waals surface area contributed by atoms with Gasteiger partial charge >= 0.3 is 0 Å². The Morgan fingerprint density at radius 3 is 2.39 bits per heavy atom. The zero-order valence-corrected chi connectivity index (χ0v) is 15.4. The summed E-state index contributed by atoms with van der Waals surface area (Å²) in [5.74, 6) is -0.361. The van der Waals surface area contributed by atoms with Gasteiger partial charge in [0.15, 0.2) is 9.84 Å². The van der Waals surface area contributed by atoms with E-state index in [-0.39, 0.29) is 29.4 Å². The van der Waals surface area contributed by atoms with E-state index < -0.39 is 38.6 Å². The van der Waals surface area contributed by atoms with Crippen molar-refractivity contribution < 1.29 is 27.0 Å². The number of benzene rings is 1. The van der Waals surface area contributed by atoms with Crippen molar-refractivity contribution in [1.29, 1.82) is 0 Å². The van der Waals surface area contributed by atoms with Crippen LogP contribution in [0.3, 0.4) is 0 Å². The number of hydrogen-bond donors (Lipinski definition) is 2. The molecule has 1 heterocycles. The summed E-state index contributed by atoms with van der Waals surface area (Å²) in [5.41, 5.74) is 0. The maximum atomic E-state index is 12.8. The van der Waals surface area contributed by atoms with E-state index in [1.165, 1.54) is 12.1 Å². The van der Waals surface area contributed by atoms with Crippen molar-refractivity contribution >= 4 is 35.8 Å². The van der Waals surface area contributed by atoms with Crippen LogP contribution in [-0.2, 0) is 19.9 Å². The quantitative estimate of drug-likeness (QED) is 0.659. The summed E-state index contributed by atoms with van der Waals surface area (Å²) in [6, 6.07) is 5.20. The molecule has 0 spiro atoms. The van der Waals surface area contributed by atoms with Gasteiger partial charge in [-0.05, 0) is 30.7 Å². The first kappa shape index (κ1) is 18.8. The van der Waals surface area contributed by atoms with Crippen LogP contribution in [0.25, 0.3) is 0 Å². The van der Waals surface area contributed by atoms with Crippen molar-refractivity contribution in [2.45, 2.75) is 23.5 Å². The highest BCUT2D eigenvalue weighted by atomic mass is 79.9. The molecule has 1 fully saturated rings. The van der Waals surface area contributed by atoms with E-state index in [9.17, 15) is 21.9 Å². The third-order valence-corrected chi connectivity index (χ3v) is 7.85. The fourth-order valence-corrected chi connectivity index (χ4v) is 6.23. The zero-order chi connectivity index (χ0) is 17.3. The minimum atomic E-state index is -3.98. The van der Waals surface area contributed by atoms with Crippen molar-refractivity contribution in [3.63, 3.8) is 0 Å². The Morgan fingerprint density at radius 1 is 1.30 bits per heavy atom. The Hall–Kier alpha value is -0.520. The van der Waals surface area contributed by atoms with Gasteiger partial charge in [-0.25, -0.2) is 16.8 Å². The van der Waals surface area contributed by atoms with Gasteiger partial charge in [-0.3, -0.25) is 0 Å². The third-order valence-electron chi connectivity index (χ3n) is 3.64. The van der Waals surface area contributed by atoms with Crippen molar-refractivity contribution in [3.8, 4) is 0 Å². The highest BCUT2D eigenvalue weighted by molar-refractivity contribution is 9.10. The number of aliphatic hydroxyl groups excluding tert-OH is 2. The first-order chi connectivity index (χ1) is 10.7. The molecule has 0 radical (unpaired) electrons. The molecule has 0 aromatic heterocycles. The molecule has 23 heavy (non-hydrogen) atoms. The van der Waals surface area contributed by atoms with Crippen LogP contribution in [0.5, 0.6) is 0 Å². The molecule has 2 rings (SSSR count). The van der Waals surface area contributed by atoms with Crippen LogP contribution in [0.15, 0.2) is 33.6 Å². The highest BCUT2D eigenvalue weighted by Gasteiger charge is 2.39. The summed E-state index contributed by atoms with van der Waals surface area (Å²) in [5, 5.41) is 18.7. The molecule has 1 aromatic carbocycles. The molecule has 1 aliphatic rings. The molecular weight excluding hydrogens is 410 g/mol. The number of hydrogen-bond acceptors (Lipinski definition) is 6. The molecule has 0 amide bonds. The highest BCUT2D eigenvalue weighted by Crippen LogP contribution is 2.26. The second-order valence-electron chi connectivity index (χ2n) is 5.42. The van der Waals surface area contributed by atoms with Gasteiger partial charge in [0.05, 0.1) is 29.1 Å². The normalized spacial score (nSPS) is 22.3. The van der Waals surface area contributed by atoms with E-state index >= 15 is 0 Å². The molecule has 1 aromatic rings. The van der Waals surface area contributed by atoms with Crippen LogP contribution in [0.4, 0.5) is 0 Å². The van der Waals surface area contributed by atoms with Crippen LogP contribution in [0.2, 0.25) is 0 Å². The van der Waals surface area contributed by atoms with Gasteiger partial charge in [-0.2, -0.15) is 4.31 Å². The van der Waals surface area contributed by atoms with Gasteiger partial charge in [-0.15, -0.1) is 0 Å². The standard InChI is InChI=1S/C13H18BrNO6S2/c14-10-1-3-13(4-2-10)23(20,21)15(7-12(17)8-16)11-5-6-22(18,19)9-11/h1-4,11-12,16-17H,5-9H2/t11-,12+/m0/s1. The van der Waals surface area contributed by atoms with E-state index in [4.69, 9.17) is 5.11 Å². The SMILES string of the molecule is O=S1(=O)CC[C@H](N(C[C@@H](O)CO)S(=O)(=O)c2ccc(Br)cc2)C1. The summed E-state index contributed by atoms with van der Waals surface area (Å²) in [6.45, 7) is -0.957. The minimum Gasteiger partial charge on any atom is -0.394 e. The smallest absolute Gasteiger partial charge is 0.243 e. The van der Waals surface area contributed by atoms with E-state index in [0.29, 0.717) is 4.47 Å². The van der Waals surface area contributed by atoms with Crippen molar-refractivity contribution in [2.24, 2.45) is 0 Å². The summed E-state index contributed by atoms with van der Waals surface area (Å²) < 4.78 is 50.7. The van der Waals surface area contributed by atoms with Crippen LogP contribution in [0, 0.1) is 0 Å². The number of rotatable bonds is 6. The van der Waals surface area contributed by atoms with Crippen LogP contribution >= 0.6 is 15.9 Å². The molecule has 1 aliphatic heterocycles. The molecule has 0 unspecified atom stereocenters. The average Bonchev–Trinajstić information content (AvgIpc) is 2.84. The fourth-order valence-electron chi connectivity index (χ4n) is 2.45. The Bertz CT molecular complexity index is 747. The number of aliphatic hydroxyl groups is 2. The predicted molar refractivity (Wildman–Crippen MR) is 88.2 cm³/mol. The molecule has 0 aliphatic carbocycles. The molecule has 1 saturated heterocycles. The van der Waals surface area contributed by atoms with Crippen LogP contribution < -0.4 is 0 Å². The summed E-state index contributed by atoms with van der Waals surface area (Å²) >= 11 is 3.22. The van der Waals surface area contributed by atoms with Gasteiger partial charge in [0.2, 0.25) is 10.0 Å². The molecule has 10 heteroatoms. The lowest BCUT2D eigenvalue weighted by Crippen LogP contribution is -2.46. The first-order valence-electron chi connectivity index (χ1n) is 6.92. The predicted octanol–water partition coefficient (Wildman–Crippen LogP) is -0.0199. The molecule has 7 nitrogen and oxygen atoms in total. The Labute approximate surface area is 144 Å². The molecule has 2 N–H and O–H groups in total. The van der Waals surface area contributed by atoms with Gasteiger partial charge in [0, 0.05) is 17.1 Å². The van der Waals surface area contributed by atoms with E-state index in [2.05, 4.69) is 15.9 Å². The Kier molecular flexibility index (Phi) is 5.85. The molecule has 0 bridgehead atoms. The topological polar surface area (TPSA) is 112 Å². The van der Waals surface area contributed by atoms with Crippen LogP contribution in [-0.4, -0.2) is 68.2 Å².